The van der Waals surface area contributed by atoms with Crippen LogP contribution in [0.15, 0.2) is 79.0 Å². The Labute approximate surface area is 187 Å². The summed E-state index contributed by atoms with van der Waals surface area (Å²) in [5.74, 6) is 0.225. The number of aromatic nitrogens is 2. The van der Waals surface area contributed by atoms with Crippen LogP contribution >= 0.6 is 0 Å². The molecule has 4 rings (SSSR count). The minimum atomic E-state index is -0.0601. The van der Waals surface area contributed by atoms with E-state index in [0.717, 1.165) is 39.3 Å². The third-order valence-corrected chi connectivity index (χ3v) is 4.88. The van der Waals surface area contributed by atoms with Crippen molar-refractivity contribution in [2.24, 2.45) is 0 Å². The molecular weight excluding hydrogens is 415 g/mol. The monoisotopic (exact) mass is 437 g/mol. The smallest absolute Gasteiger partial charge is 0.124 e. The topological polar surface area (TPSA) is 46.0 Å². The number of para-hydroxylation sites is 1. The normalized spacial score (nSPS) is 11.0. The van der Waals surface area contributed by atoms with Crippen LogP contribution in [0.4, 0.5) is 0 Å². The quantitative estimate of drug-likeness (QED) is 0.303. The minimum Gasteiger partial charge on any atom is -0.507 e. The maximum Gasteiger partial charge on any atom is 0.124 e. The number of phenols is 1. The van der Waals surface area contributed by atoms with Crippen LogP contribution in [0.25, 0.3) is 33.8 Å². The van der Waals surface area contributed by atoms with E-state index in [0.29, 0.717) is 0 Å². The van der Waals surface area contributed by atoms with Crippen molar-refractivity contribution in [2.45, 2.75) is 26.2 Å². The number of hydrogen-bond donors (Lipinski definition) is 1. The zero-order valence-corrected chi connectivity index (χ0v) is 18.2. The summed E-state index contributed by atoms with van der Waals surface area (Å²) < 4.78 is 0. The predicted molar refractivity (Wildman–Crippen MR) is 118 cm³/mol. The summed E-state index contributed by atoms with van der Waals surface area (Å²) in [4.78, 5) is 9.30. The van der Waals surface area contributed by atoms with E-state index in [1.807, 2.05) is 54.6 Å². The van der Waals surface area contributed by atoms with Crippen LogP contribution in [-0.4, -0.2) is 15.1 Å². The fourth-order valence-corrected chi connectivity index (χ4v) is 3.22. The molecule has 0 unspecified atom stereocenters. The number of benzene rings is 2. The van der Waals surface area contributed by atoms with Gasteiger partial charge in [-0.3, -0.25) is 9.97 Å². The molecule has 2 aromatic carbocycles. The molecule has 4 heteroatoms. The van der Waals surface area contributed by atoms with Gasteiger partial charge in [0.2, 0.25) is 0 Å². The second-order valence-corrected chi connectivity index (χ2v) is 8.09. The predicted octanol–water partition coefficient (Wildman–Crippen LogP) is 6.28. The minimum absolute atomic E-state index is 0. The van der Waals surface area contributed by atoms with E-state index in [4.69, 9.17) is 4.98 Å². The van der Waals surface area contributed by atoms with Gasteiger partial charge in [-0.05, 0) is 35.2 Å². The van der Waals surface area contributed by atoms with Crippen LogP contribution in [0.5, 0.6) is 5.75 Å². The Morgan fingerprint density at radius 1 is 0.767 bits per heavy atom. The van der Waals surface area contributed by atoms with Gasteiger partial charge in [0.1, 0.15) is 5.75 Å². The molecule has 1 N–H and O–H groups in total. The fraction of sp³-hybridized carbons (Fsp3) is 0.154. The van der Waals surface area contributed by atoms with Crippen LogP contribution < -0.4 is 0 Å². The summed E-state index contributed by atoms with van der Waals surface area (Å²) in [7, 11) is 0. The van der Waals surface area contributed by atoms with Crippen molar-refractivity contribution in [3.8, 4) is 39.5 Å². The van der Waals surface area contributed by atoms with Gasteiger partial charge in [-0.15, -0.1) is 24.3 Å². The SMILES string of the molecule is CC(C)(C)c1cc(-c2[c-]c(-c3ccccn3)ccc2)nc(-c2ccccc2O)c1.[Ni]. The van der Waals surface area contributed by atoms with Crippen molar-refractivity contribution in [3.05, 3.63) is 90.6 Å². The molecule has 0 atom stereocenters. The molecule has 0 radical (unpaired) electrons. The van der Waals surface area contributed by atoms with E-state index < -0.39 is 0 Å². The van der Waals surface area contributed by atoms with E-state index >= 15 is 0 Å². The number of hydrogen-bond acceptors (Lipinski definition) is 3. The van der Waals surface area contributed by atoms with E-state index in [9.17, 15) is 5.11 Å². The maximum absolute atomic E-state index is 10.4. The Morgan fingerprint density at radius 3 is 2.10 bits per heavy atom. The number of pyridine rings is 2. The molecule has 154 valence electrons. The second kappa shape index (κ2) is 8.81. The summed E-state index contributed by atoms with van der Waals surface area (Å²) in [5, 5.41) is 10.4. The largest absolute Gasteiger partial charge is 0.507 e. The molecule has 30 heavy (non-hydrogen) atoms. The van der Waals surface area contributed by atoms with E-state index in [-0.39, 0.29) is 27.7 Å². The molecule has 4 aromatic rings. The Kier molecular flexibility index (Phi) is 6.38. The Balaban J connectivity index is 0.00000256. The fourth-order valence-electron chi connectivity index (χ4n) is 3.22. The number of phenolic OH excluding ortho intramolecular Hbond substituents is 1. The molecule has 0 saturated heterocycles. The molecule has 3 nitrogen and oxygen atoms in total. The molecule has 0 saturated carbocycles. The van der Waals surface area contributed by atoms with E-state index in [1.165, 1.54) is 0 Å². The summed E-state index contributed by atoms with van der Waals surface area (Å²) >= 11 is 0. The van der Waals surface area contributed by atoms with Gasteiger partial charge < -0.3 is 5.11 Å². The number of rotatable bonds is 3. The number of aromatic hydroxyl groups is 1. The third-order valence-electron chi connectivity index (χ3n) is 4.88. The first-order chi connectivity index (χ1) is 13.9. The first-order valence-electron chi connectivity index (χ1n) is 9.67. The van der Waals surface area contributed by atoms with Crippen LogP contribution in [0, 0.1) is 6.07 Å². The molecule has 0 aliphatic rings. The Hall–Kier alpha value is -2.97. The van der Waals surface area contributed by atoms with E-state index in [1.54, 1.807) is 12.3 Å². The van der Waals surface area contributed by atoms with Crippen LogP contribution in [0.3, 0.4) is 0 Å². The molecule has 0 amide bonds. The van der Waals surface area contributed by atoms with Crippen molar-refractivity contribution in [3.63, 3.8) is 0 Å². The third kappa shape index (κ3) is 4.61. The van der Waals surface area contributed by atoms with Gasteiger partial charge in [0.15, 0.2) is 0 Å². The summed E-state index contributed by atoms with van der Waals surface area (Å²) in [6.45, 7) is 6.53. The standard InChI is InChI=1S/C26H23N2O.Ni/c1-26(2,3)20-16-23(28-24(17-20)21-11-4-5-13-25(21)29)19-10-8-9-18(15-19)22-12-6-7-14-27-22;/h4-14,16-17,29H,1-3H3;/q-1;. The average molecular weight is 438 g/mol. The van der Waals surface area contributed by atoms with Crippen molar-refractivity contribution in [2.75, 3.05) is 0 Å². The first-order valence-corrected chi connectivity index (χ1v) is 9.67. The van der Waals surface area contributed by atoms with Crippen molar-refractivity contribution in [1.29, 1.82) is 0 Å². The van der Waals surface area contributed by atoms with Crippen molar-refractivity contribution < 1.29 is 21.6 Å². The van der Waals surface area contributed by atoms with E-state index in [2.05, 4.69) is 44.0 Å². The van der Waals surface area contributed by atoms with Gasteiger partial charge in [0, 0.05) is 39.6 Å². The van der Waals surface area contributed by atoms with Crippen LogP contribution in [-0.2, 0) is 21.9 Å². The Bertz CT molecular complexity index is 1150. The van der Waals surface area contributed by atoms with Crippen LogP contribution in [0.1, 0.15) is 26.3 Å². The molecule has 0 spiro atoms. The number of nitrogens with zero attached hydrogens (tertiary/aromatic N) is 2. The zero-order chi connectivity index (χ0) is 20.4. The maximum atomic E-state index is 10.4. The molecule has 0 fully saturated rings. The molecule has 0 aliphatic carbocycles. The molecule has 2 heterocycles. The first kappa shape index (κ1) is 21.7. The van der Waals surface area contributed by atoms with Gasteiger partial charge in [-0.2, -0.15) is 0 Å². The summed E-state index contributed by atoms with van der Waals surface area (Å²) in [6, 6.07) is 26.8. The average Bonchev–Trinajstić information content (AvgIpc) is 2.74. The van der Waals surface area contributed by atoms with Gasteiger partial charge in [0.25, 0.3) is 0 Å². The van der Waals surface area contributed by atoms with Crippen molar-refractivity contribution in [1.82, 2.24) is 9.97 Å². The molecule has 2 aromatic heterocycles. The van der Waals surface area contributed by atoms with Gasteiger partial charge in [-0.25, -0.2) is 0 Å². The van der Waals surface area contributed by atoms with Gasteiger partial charge in [-0.1, -0.05) is 62.2 Å². The van der Waals surface area contributed by atoms with Gasteiger partial charge >= 0.3 is 0 Å². The molecule has 0 bridgehead atoms. The second-order valence-electron chi connectivity index (χ2n) is 8.09. The van der Waals surface area contributed by atoms with Crippen molar-refractivity contribution >= 4 is 0 Å². The molecule has 0 aliphatic heterocycles. The summed E-state index contributed by atoms with van der Waals surface area (Å²) in [6.07, 6.45) is 1.78. The Morgan fingerprint density at radius 2 is 1.43 bits per heavy atom. The molecular formula is C26H23N2NiO-. The summed E-state index contributed by atoms with van der Waals surface area (Å²) in [5.41, 5.74) is 6.09. The van der Waals surface area contributed by atoms with Crippen LogP contribution in [0.2, 0.25) is 0 Å². The van der Waals surface area contributed by atoms with Gasteiger partial charge in [0.05, 0.1) is 5.69 Å². The zero-order valence-electron chi connectivity index (χ0n) is 17.2.